The number of methoxy groups -OCH3 is 1. The van der Waals surface area contributed by atoms with Gasteiger partial charge in [-0.25, -0.2) is 0 Å². The lowest BCUT2D eigenvalue weighted by Gasteiger charge is -2.43. The maximum atomic E-state index is 5.40. The van der Waals surface area contributed by atoms with Crippen LogP contribution in [0.1, 0.15) is 27.2 Å². The third-order valence-corrected chi connectivity index (χ3v) is 3.28. The zero-order chi connectivity index (χ0) is 10.6. The summed E-state index contributed by atoms with van der Waals surface area (Å²) in [6.45, 7) is 10.1. The Balaban J connectivity index is 2.47. The second-order valence-corrected chi connectivity index (χ2v) is 4.23. The van der Waals surface area contributed by atoms with Crippen molar-refractivity contribution in [2.75, 3.05) is 26.7 Å². The van der Waals surface area contributed by atoms with Gasteiger partial charge in [0.25, 0.3) is 0 Å². The SMILES string of the molecule is CCCN(C1CNC1)C(C)C(C)OC. The van der Waals surface area contributed by atoms with Gasteiger partial charge in [0.2, 0.25) is 0 Å². The van der Waals surface area contributed by atoms with Gasteiger partial charge in [-0.3, -0.25) is 4.90 Å². The third-order valence-electron chi connectivity index (χ3n) is 3.28. The zero-order valence-electron chi connectivity index (χ0n) is 9.92. The van der Waals surface area contributed by atoms with Gasteiger partial charge in [-0.05, 0) is 26.8 Å². The third kappa shape index (κ3) is 2.69. The number of rotatable bonds is 6. The molecule has 14 heavy (non-hydrogen) atoms. The van der Waals surface area contributed by atoms with Gasteiger partial charge in [0, 0.05) is 32.3 Å². The highest BCUT2D eigenvalue weighted by atomic mass is 16.5. The van der Waals surface area contributed by atoms with Crippen molar-refractivity contribution in [1.82, 2.24) is 10.2 Å². The molecule has 0 aromatic carbocycles. The molecular weight excluding hydrogens is 176 g/mol. The maximum absolute atomic E-state index is 5.40. The fraction of sp³-hybridized carbons (Fsp3) is 1.00. The number of hydrogen-bond donors (Lipinski definition) is 1. The zero-order valence-corrected chi connectivity index (χ0v) is 9.92. The molecule has 1 fully saturated rings. The molecule has 3 nitrogen and oxygen atoms in total. The quantitative estimate of drug-likeness (QED) is 0.695. The number of nitrogens with one attached hydrogen (secondary N) is 1. The van der Waals surface area contributed by atoms with Crippen molar-refractivity contribution in [3.05, 3.63) is 0 Å². The van der Waals surface area contributed by atoms with E-state index in [1.807, 2.05) is 0 Å². The van der Waals surface area contributed by atoms with Crippen molar-refractivity contribution in [3.63, 3.8) is 0 Å². The Hall–Kier alpha value is -0.120. The summed E-state index contributed by atoms with van der Waals surface area (Å²) in [7, 11) is 1.80. The molecule has 1 N–H and O–H groups in total. The highest BCUT2D eigenvalue weighted by molar-refractivity contribution is 4.88. The molecule has 0 aromatic heterocycles. The van der Waals surface area contributed by atoms with Crippen LogP contribution < -0.4 is 5.32 Å². The fourth-order valence-electron chi connectivity index (χ4n) is 1.95. The van der Waals surface area contributed by atoms with Crippen LogP contribution in [0.5, 0.6) is 0 Å². The van der Waals surface area contributed by atoms with E-state index in [2.05, 4.69) is 31.0 Å². The minimum absolute atomic E-state index is 0.321. The van der Waals surface area contributed by atoms with Crippen LogP contribution in [0.2, 0.25) is 0 Å². The van der Waals surface area contributed by atoms with Gasteiger partial charge in [0.15, 0.2) is 0 Å². The molecule has 0 radical (unpaired) electrons. The molecule has 0 spiro atoms. The molecule has 0 bridgehead atoms. The molecule has 3 heteroatoms. The smallest absolute Gasteiger partial charge is 0.0695 e. The molecule has 2 unspecified atom stereocenters. The Labute approximate surface area is 87.8 Å². The standard InChI is InChI=1S/C11H24N2O/c1-5-6-13(11-7-12-8-11)9(2)10(3)14-4/h9-12H,5-8H2,1-4H3. The van der Waals surface area contributed by atoms with E-state index < -0.39 is 0 Å². The summed E-state index contributed by atoms with van der Waals surface area (Å²) in [6.07, 6.45) is 1.54. The van der Waals surface area contributed by atoms with Crippen molar-refractivity contribution in [1.29, 1.82) is 0 Å². The molecule has 0 amide bonds. The molecule has 1 aliphatic heterocycles. The number of ether oxygens (including phenoxy) is 1. The van der Waals surface area contributed by atoms with E-state index in [0.717, 1.165) is 19.1 Å². The first-order valence-electron chi connectivity index (χ1n) is 5.70. The minimum atomic E-state index is 0.321. The predicted molar refractivity (Wildman–Crippen MR) is 59.6 cm³/mol. The van der Waals surface area contributed by atoms with Crippen molar-refractivity contribution >= 4 is 0 Å². The van der Waals surface area contributed by atoms with E-state index in [0.29, 0.717) is 12.1 Å². The van der Waals surface area contributed by atoms with E-state index >= 15 is 0 Å². The summed E-state index contributed by atoms with van der Waals surface area (Å²) >= 11 is 0. The highest BCUT2D eigenvalue weighted by Gasteiger charge is 2.29. The fourth-order valence-corrected chi connectivity index (χ4v) is 1.95. The van der Waals surface area contributed by atoms with Gasteiger partial charge < -0.3 is 10.1 Å². The van der Waals surface area contributed by atoms with Crippen LogP contribution in [0.3, 0.4) is 0 Å². The average molecular weight is 200 g/mol. The number of nitrogens with zero attached hydrogens (tertiary/aromatic N) is 1. The molecule has 2 atom stereocenters. The Morgan fingerprint density at radius 2 is 2.07 bits per heavy atom. The average Bonchev–Trinajstić information content (AvgIpc) is 2.12. The molecule has 1 saturated heterocycles. The molecule has 0 saturated carbocycles. The topological polar surface area (TPSA) is 24.5 Å². The monoisotopic (exact) mass is 200 g/mol. The lowest BCUT2D eigenvalue weighted by molar-refractivity contribution is 0.00218. The molecule has 0 aliphatic carbocycles. The predicted octanol–water partition coefficient (Wildman–Crippen LogP) is 1.09. The summed E-state index contributed by atoms with van der Waals surface area (Å²) < 4.78 is 5.40. The first-order chi connectivity index (χ1) is 6.70. The first-order valence-corrected chi connectivity index (χ1v) is 5.70. The normalized spacial score (nSPS) is 22.1. The molecule has 1 heterocycles. The van der Waals surface area contributed by atoms with Gasteiger partial charge in [0.1, 0.15) is 0 Å². The summed E-state index contributed by atoms with van der Waals surface area (Å²) in [5, 5.41) is 3.33. The second kappa shape index (κ2) is 5.69. The molecule has 1 rings (SSSR count). The van der Waals surface area contributed by atoms with Crippen molar-refractivity contribution in [2.45, 2.75) is 45.4 Å². The van der Waals surface area contributed by atoms with Crippen LogP contribution in [0.15, 0.2) is 0 Å². The number of hydrogen-bond acceptors (Lipinski definition) is 3. The van der Waals surface area contributed by atoms with Crippen LogP contribution in [0.25, 0.3) is 0 Å². The van der Waals surface area contributed by atoms with Crippen LogP contribution >= 0.6 is 0 Å². The summed E-state index contributed by atoms with van der Waals surface area (Å²) in [6, 6.07) is 1.24. The van der Waals surface area contributed by atoms with E-state index in [9.17, 15) is 0 Å². The van der Waals surface area contributed by atoms with Crippen LogP contribution in [-0.2, 0) is 4.74 Å². The second-order valence-electron chi connectivity index (χ2n) is 4.23. The van der Waals surface area contributed by atoms with Crippen LogP contribution in [-0.4, -0.2) is 49.8 Å². The van der Waals surface area contributed by atoms with Crippen molar-refractivity contribution in [2.24, 2.45) is 0 Å². The lowest BCUT2D eigenvalue weighted by atomic mass is 10.0. The van der Waals surface area contributed by atoms with Gasteiger partial charge in [0.05, 0.1) is 6.10 Å². The largest absolute Gasteiger partial charge is 0.380 e. The van der Waals surface area contributed by atoms with E-state index in [1.54, 1.807) is 7.11 Å². The van der Waals surface area contributed by atoms with Crippen LogP contribution in [0.4, 0.5) is 0 Å². The van der Waals surface area contributed by atoms with Crippen LogP contribution in [0, 0.1) is 0 Å². The Bertz CT molecular complexity index is 159. The highest BCUT2D eigenvalue weighted by Crippen LogP contribution is 2.14. The molecule has 84 valence electrons. The van der Waals surface area contributed by atoms with Gasteiger partial charge in [-0.1, -0.05) is 6.92 Å². The molecule has 0 aromatic rings. The van der Waals surface area contributed by atoms with Gasteiger partial charge >= 0.3 is 0 Å². The maximum Gasteiger partial charge on any atom is 0.0695 e. The Kier molecular flexibility index (Phi) is 4.85. The lowest BCUT2D eigenvalue weighted by Crippen LogP contribution is -2.61. The first kappa shape index (κ1) is 12.0. The minimum Gasteiger partial charge on any atom is -0.380 e. The van der Waals surface area contributed by atoms with E-state index in [1.165, 1.54) is 13.0 Å². The van der Waals surface area contributed by atoms with Gasteiger partial charge in [-0.15, -0.1) is 0 Å². The Morgan fingerprint density at radius 3 is 2.43 bits per heavy atom. The molecule has 1 aliphatic rings. The summed E-state index contributed by atoms with van der Waals surface area (Å²) in [4.78, 5) is 2.57. The molecular formula is C11H24N2O. The summed E-state index contributed by atoms with van der Waals surface area (Å²) in [5.41, 5.74) is 0. The van der Waals surface area contributed by atoms with Crippen molar-refractivity contribution < 1.29 is 4.74 Å². The van der Waals surface area contributed by atoms with Crippen molar-refractivity contribution in [3.8, 4) is 0 Å². The summed E-state index contributed by atoms with van der Waals surface area (Å²) in [5.74, 6) is 0. The van der Waals surface area contributed by atoms with E-state index in [-0.39, 0.29) is 0 Å². The van der Waals surface area contributed by atoms with Gasteiger partial charge in [-0.2, -0.15) is 0 Å². The Morgan fingerprint density at radius 1 is 1.43 bits per heavy atom. The van der Waals surface area contributed by atoms with E-state index in [4.69, 9.17) is 4.74 Å².